The predicted molar refractivity (Wildman–Crippen MR) is 38.0 cm³/mol. The van der Waals surface area contributed by atoms with E-state index in [0.29, 0.717) is 0 Å². The van der Waals surface area contributed by atoms with Gasteiger partial charge in [0, 0.05) is 0 Å². The van der Waals surface area contributed by atoms with Gasteiger partial charge in [-0.05, 0) is 0 Å². The maximum atomic E-state index is 2.95. The Morgan fingerprint density at radius 1 is 1.50 bits per heavy atom. The van der Waals surface area contributed by atoms with Crippen molar-refractivity contribution in [3.63, 3.8) is 0 Å². The zero-order valence-corrected chi connectivity index (χ0v) is 6.84. The molecule has 0 amide bonds. The van der Waals surface area contributed by atoms with E-state index in [2.05, 4.69) is 28.7 Å². The van der Waals surface area contributed by atoms with E-state index in [1.54, 1.807) is 0 Å². The molecule has 8 heavy (non-hydrogen) atoms. The van der Waals surface area contributed by atoms with Gasteiger partial charge in [-0.25, -0.2) is 0 Å². The molecule has 0 aliphatic heterocycles. The third kappa shape index (κ3) is 2.76. The minimum Gasteiger partial charge on any atom is -0.183 e. The van der Waals surface area contributed by atoms with Gasteiger partial charge in [0.2, 0.25) is 0 Å². The Morgan fingerprint density at radius 3 is 2.50 bits per heavy atom. The van der Waals surface area contributed by atoms with E-state index < -0.39 is 0 Å². The number of hydrogen-bond donors (Lipinski definition) is 0. The molecule has 0 heterocycles. The van der Waals surface area contributed by atoms with E-state index in [1.807, 2.05) is 24.3 Å². The number of benzene rings is 1. The smallest absolute Gasteiger partial charge is 0.183 e. The number of hydrogen-bond acceptors (Lipinski definition) is 0. The molecule has 0 aliphatic carbocycles. The molecule has 0 unspecified atom stereocenters. The third-order valence-electron chi connectivity index (χ3n) is 0.669. The second kappa shape index (κ2) is 4.43. The van der Waals surface area contributed by atoms with Crippen LogP contribution in [0, 0.1) is 9.64 Å². The molecule has 0 atom stereocenters. The molecule has 0 saturated heterocycles. The minimum absolute atomic E-state index is 0. The largest absolute Gasteiger partial charge is 1.00 e. The second-order valence-electron chi connectivity index (χ2n) is 1.22. The summed E-state index contributed by atoms with van der Waals surface area (Å²) in [6, 6.07) is 10.8. The SMILES string of the molecule is Ic1c[c-]ccc1.[Li+]. The summed E-state index contributed by atoms with van der Waals surface area (Å²) >= 11 is 2.25. The fraction of sp³-hybridized carbons (Fsp3) is 0. The summed E-state index contributed by atoms with van der Waals surface area (Å²) in [6.07, 6.45) is 0. The van der Waals surface area contributed by atoms with E-state index in [4.69, 9.17) is 0 Å². The number of halogens is 1. The van der Waals surface area contributed by atoms with Crippen LogP contribution in [-0.2, 0) is 0 Å². The molecule has 36 valence electrons. The van der Waals surface area contributed by atoms with Crippen LogP contribution in [0.25, 0.3) is 0 Å². The van der Waals surface area contributed by atoms with Gasteiger partial charge in [0.05, 0.1) is 0 Å². The van der Waals surface area contributed by atoms with E-state index in [9.17, 15) is 0 Å². The summed E-state index contributed by atoms with van der Waals surface area (Å²) in [5.74, 6) is 0. The van der Waals surface area contributed by atoms with Crippen molar-refractivity contribution in [2.75, 3.05) is 0 Å². The Labute approximate surface area is 75.0 Å². The van der Waals surface area contributed by atoms with Crippen molar-refractivity contribution in [3.05, 3.63) is 33.9 Å². The van der Waals surface area contributed by atoms with Crippen LogP contribution >= 0.6 is 22.6 Å². The summed E-state index contributed by atoms with van der Waals surface area (Å²) in [6.45, 7) is 0. The van der Waals surface area contributed by atoms with E-state index in [1.165, 1.54) is 3.57 Å². The van der Waals surface area contributed by atoms with E-state index in [-0.39, 0.29) is 18.9 Å². The zero-order valence-electron chi connectivity index (χ0n) is 4.69. The van der Waals surface area contributed by atoms with Crippen LogP contribution in [0.2, 0.25) is 0 Å². The van der Waals surface area contributed by atoms with Gasteiger partial charge in [0.25, 0.3) is 0 Å². The van der Waals surface area contributed by atoms with Gasteiger partial charge in [0.1, 0.15) is 0 Å². The molecule has 0 nitrogen and oxygen atoms in total. The zero-order chi connectivity index (χ0) is 5.11. The molecule has 0 N–H and O–H groups in total. The van der Waals surface area contributed by atoms with Crippen LogP contribution in [0.1, 0.15) is 0 Å². The van der Waals surface area contributed by atoms with Crippen molar-refractivity contribution in [2.45, 2.75) is 0 Å². The quantitative estimate of drug-likeness (QED) is 0.295. The van der Waals surface area contributed by atoms with Crippen LogP contribution in [0.15, 0.2) is 24.3 Å². The van der Waals surface area contributed by atoms with Gasteiger partial charge >= 0.3 is 18.9 Å². The fourth-order valence-electron chi connectivity index (χ4n) is 0.371. The van der Waals surface area contributed by atoms with Gasteiger partial charge in [-0.2, -0.15) is 30.3 Å². The summed E-state index contributed by atoms with van der Waals surface area (Å²) in [7, 11) is 0. The molecule has 2 heteroatoms. The van der Waals surface area contributed by atoms with Gasteiger partial charge in [0.15, 0.2) is 0 Å². The number of rotatable bonds is 0. The molecule has 1 rings (SSSR count). The third-order valence-corrected chi connectivity index (χ3v) is 1.34. The predicted octanol–water partition coefficient (Wildman–Crippen LogP) is -0.905. The van der Waals surface area contributed by atoms with Gasteiger partial charge in [-0.15, -0.1) is 22.6 Å². The summed E-state index contributed by atoms with van der Waals surface area (Å²) in [5, 5.41) is 0. The molecular formula is C6H4ILi. The van der Waals surface area contributed by atoms with Crippen molar-refractivity contribution >= 4 is 22.6 Å². The molecule has 0 radical (unpaired) electrons. The monoisotopic (exact) mass is 210 g/mol. The molecule has 0 aromatic heterocycles. The van der Waals surface area contributed by atoms with Gasteiger partial charge in [-0.1, -0.05) is 3.57 Å². The normalized spacial score (nSPS) is 7.62. The van der Waals surface area contributed by atoms with Crippen molar-refractivity contribution in [2.24, 2.45) is 0 Å². The molecule has 0 aliphatic rings. The summed E-state index contributed by atoms with van der Waals surface area (Å²) in [5.41, 5.74) is 0. The standard InChI is InChI=1S/C6H4I.Li/c7-6-4-2-1-3-5-6;/h1-2,4-5H;/q-1;+1. The Kier molecular flexibility index (Phi) is 4.73. The van der Waals surface area contributed by atoms with Gasteiger partial charge in [-0.3, -0.25) is 0 Å². The van der Waals surface area contributed by atoms with Crippen LogP contribution in [-0.4, -0.2) is 0 Å². The Hall–Kier alpha value is 0.547. The Bertz CT molecular complexity index is 138. The van der Waals surface area contributed by atoms with Crippen LogP contribution in [0.3, 0.4) is 0 Å². The first kappa shape index (κ1) is 8.55. The van der Waals surface area contributed by atoms with Crippen molar-refractivity contribution in [1.29, 1.82) is 0 Å². The molecule has 0 fully saturated rings. The van der Waals surface area contributed by atoms with Crippen molar-refractivity contribution in [1.82, 2.24) is 0 Å². The summed E-state index contributed by atoms with van der Waals surface area (Å²) < 4.78 is 1.24. The maximum absolute atomic E-state index is 2.95. The molecule has 1 aromatic carbocycles. The summed E-state index contributed by atoms with van der Waals surface area (Å²) in [4.78, 5) is 0. The Morgan fingerprint density at radius 2 is 2.25 bits per heavy atom. The van der Waals surface area contributed by atoms with Crippen molar-refractivity contribution < 1.29 is 18.9 Å². The minimum atomic E-state index is 0. The Balaban J connectivity index is 0.000000490. The topological polar surface area (TPSA) is 0 Å². The molecular weight excluding hydrogens is 206 g/mol. The van der Waals surface area contributed by atoms with E-state index >= 15 is 0 Å². The maximum Gasteiger partial charge on any atom is 1.00 e. The average molecular weight is 210 g/mol. The first-order chi connectivity index (χ1) is 3.39. The fourth-order valence-corrected chi connectivity index (χ4v) is 0.759. The van der Waals surface area contributed by atoms with Crippen LogP contribution in [0.5, 0.6) is 0 Å². The first-order valence-corrected chi connectivity index (χ1v) is 3.09. The molecule has 1 aromatic rings. The van der Waals surface area contributed by atoms with E-state index in [0.717, 1.165) is 0 Å². The van der Waals surface area contributed by atoms with Crippen molar-refractivity contribution in [3.8, 4) is 0 Å². The second-order valence-corrected chi connectivity index (χ2v) is 2.47. The molecule has 0 bridgehead atoms. The van der Waals surface area contributed by atoms with Crippen LogP contribution in [0.4, 0.5) is 0 Å². The first-order valence-electron chi connectivity index (χ1n) is 2.01. The molecule has 0 saturated carbocycles. The molecule has 0 spiro atoms. The van der Waals surface area contributed by atoms with Crippen LogP contribution < -0.4 is 18.9 Å². The van der Waals surface area contributed by atoms with Gasteiger partial charge < -0.3 is 0 Å². The average Bonchev–Trinajstić information content (AvgIpc) is 1.69.